The molecule has 7 heteroatoms. The van der Waals surface area contributed by atoms with E-state index in [1.54, 1.807) is 0 Å². The first-order valence-corrected chi connectivity index (χ1v) is 4.58. The number of carboxylic acid groups (broad SMARTS) is 1. The predicted molar refractivity (Wildman–Crippen MR) is 50.9 cm³/mol. The van der Waals surface area contributed by atoms with Gasteiger partial charge in [-0.3, -0.25) is 4.79 Å². The molecule has 0 spiro atoms. The maximum atomic E-state index is 12.0. The number of aliphatic carboxylic acids is 1. The van der Waals surface area contributed by atoms with Crippen LogP contribution in [0.3, 0.4) is 0 Å². The summed E-state index contributed by atoms with van der Waals surface area (Å²) in [6.45, 7) is -0.229. The SMILES string of the molecule is O=C(O)CCOc1ccccc1OC(F)(F)F. The van der Waals surface area contributed by atoms with Crippen molar-refractivity contribution in [1.82, 2.24) is 0 Å². The molecular weight excluding hydrogens is 241 g/mol. The Labute approximate surface area is 94.6 Å². The van der Waals surface area contributed by atoms with Gasteiger partial charge in [0.25, 0.3) is 0 Å². The minimum Gasteiger partial charge on any atom is -0.489 e. The van der Waals surface area contributed by atoms with Crippen molar-refractivity contribution in [3.8, 4) is 11.5 Å². The Morgan fingerprint density at radius 3 is 2.35 bits per heavy atom. The summed E-state index contributed by atoms with van der Waals surface area (Å²) in [5.74, 6) is -1.74. The lowest BCUT2D eigenvalue weighted by Crippen LogP contribution is -2.18. The van der Waals surface area contributed by atoms with Gasteiger partial charge in [0.2, 0.25) is 0 Å². The van der Waals surface area contributed by atoms with E-state index in [0.29, 0.717) is 0 Å². The Bertz CT molecular complexity index is 389. The molecule has 0 aliphatic rings. The molecule has 0 heterocycles. The van der Waals surface area contributed by atoms with E-state index in [4.69, 9.17) is 9.84 Å². The van der Waals surface area contributed by atoms with Crippen LogP contribution < -0.4 is 9.47 Å². The van der Waals surface area contributed by atoms with Crippen molar-refractivity contribution in [3.63, 3.8) is 0 Å². The smallest absolute Gasteiger partial charge is 0.489 e. The van der Waals surface area contributed by atoms with Gasteiger partial charge >= 0.3 is 12.3 Å². The molecule has 0 radical (unpaired) electrons. The third-order valence-corrected chi connectivity index (χ3v) is 1.65. The third kappa shape index (κ3) is 5.10. The van der Waals surface area contributed by atoms with Crippen molar-refractivity contribution in [2.45, 2.75) is 12.8 Å². The van der Waals surface area contributed by atoms with Crippen LogP contribution in [0.4, 0.5) is 13.2 Å². The van der Waals surface area contributed by atoms with E-state index in [-0.39, 0.29) is 18.8 Å². The highest BCUT2D eigenvalue weighted by Crippen LogP contribution is 2.31. The second-order valence-electron chi connectivity index (χ2n) is 2.99. The van der Waals surface area contributed by atoms with Crippen LogP contribution in [-0.4, -0.2) is 24.0 Å². The second-order valence-corrected chi connectivity index (χ2v) is 2.99. The van der Waals surface area contributed by atoms with Crippen molar-refractivity contribution < 1.29 is 32.5 Å². The van der Waals surface area contributed by atoms with Crippen molar-refractivity contribution in [1.29, 1.82) is 0 Å². The van der Waals surface area contributed by atoms with E-state index in [1.165, 1.54) is 18.2 Å². The van der Waals surface area contributed by atoms with E-state index in [1.807, 2.05) is 0 Å². The first-order chi connectivity index (χ1) is 7.88. The molecular formula is C10H9F3O4. The molecule has 94 valence electrons. The molecule has 0 unspecified atom stereocenters. The number of ether oxygens (including phenoxy) is 2. The van der Waals surface area contributed by atoms with Crippen LogP contribution in [0, 0.1) is 0 Å². The van der Waals surface area contributed by atoms with E-state index in [2.05, 4.69) is 4.74 Å². The number of halogens is 3. The quantitative estimate of drug-likeness (QED) is 0.872. The zero-order valence-electron chi connectivity index (χ0n) is 8.53. The van der Waals surface area contributed by atoms with Crippen LogP contribution in [0.25, 0.3) is 0 Å². The van der Waals surface area contributed by atoms with Crippen LogP contribution in [0.15, 0.2) is 24.3 Å². The number of carboxylic acids is 1. The van der Waals surface area contributed by atoms with Crippen molar-refractivity contribution in [2.24, 2.45) is 0 Å². The number of alkyl halides is 3. The van der Waals surface area contributed by atoms with Gasteiger partial charge in [0.15, 0.2) is 11.5 Å². The van der Waals surface area contributed by atoms with E-state index < -0.39 is 18.1 Å². The molecule has 0 bridgehead atoms. The maximum absolute atomic E-state index is 12.0. The zero-order chi connectivity index (χ0) is 12.9. The molecule has 0 aromatic heterocycles. The summed E-state index contributed by atoms with van der Waals surface area (Å²) < 4.78 is 44.6. The van der Waals surface area contributed by atoms with Gasteiger partial charge < -0.3 is 14.6 Å². The summed E-state index contributed by atoms with van der Waals surface area (Å²) in [5, 5.41) is 8.36. The van der Waals surface area contributed by atoms with Crippen molar-refractivity contribution >= 4 is 5.97 Å². The van der Waals surface area contributed by atoms with Gasteiger partial charge in [-0.05, 0) is 12.1 Å². The summed E-state index contributed by atoms with van der Waals surface area (Å²) in [6, 6.07) is 5.16. The van der Waals surface area contributed by atoms with Gasteiger partial charge in [-0.1, -0.05) is 12.1 Å². The first kappa shape index (κ1) is 13.1. The van der Waals surface area contributed by atoms with E-state index in [9.17, 15) is 18.0 Å². The molecule has 0 amide bonds. The summed E-state index contributed by atoms with van der Waals surface area (Å²) in [4.78, 5) is 10.2. The second kappa shape index (κ2) is 5.42. The van der Waals surface area contributed by atoms with Gasteiger partial charge in [-0.15, -0.1) is 13.2 Å². The molecule has 17 heavy (non-hydrogen) atoms. The number of para-hydroxylation sites is 2. The Morgan fingerprint density at radius 2 is 1.82 bits per heavy atom. The van der Waals surface area contributed by atoms with Crippen LogP contribution in [0.1, 0.15) is 6.42 Å². The highest BCUT2D eigenvalue weighted by atomic mass is 19.4. The van der Waals surface area contributed by atoms with Gasteiger partial charge in [-0.2, -0.15) is 0 Å². The largest absolute Gasteiger partial charge is 0.573 e. The monoisotopic (exact) mass is 250 g/mol. The average Bonchev–Trinajstić information content (AvgIpc) is 2.17. The van der Waals surface area contributed by atoms with Crippen LogP contribution in [0.5, 0.6) is 11.5 Å². The molecule has 4 nitrogen and oxygen atoms in total. The lowest BCUT2D eigenvalue weighted by Gasteiger charge is -2.13. The molecule has 0 saturated carbocycles. The average molecular weight is 250 g/mol. The van der Waals surface area contributed by atoms with Crippen LogP contribution in [0.2, 0.25) is 0 Å². The van der Waals surface area contributed by atoms with Crippen molar-refractivity contribution in [3.05, 3.63) is 24.3 Å². The van der Waals surface area contributed by atoms with Gasteiger partial charge in [0.05, 0.1) is 13.0 Å². The normalized spacial score (nSPS) is 11.0. The fraction of sp³-hybridized carbons (Fsp3) is 0.300. The van der Waals surface area contributed by atoms with Crippen molar-refractivity contribution in [2.75, 3.05) is 6.61 Å². The topological polar surface area (TPSA) is 55.8 Å². The molecule has 0 aliphatic heterocycles. The van der Waals surface area contributed by atoms with E-state index in [0.717, 1.165) is 6.07 Å². The molecule has 0 saturated heterocycles. The Balaban J connectivity index is 2.67. The Kier molecular flexibility index (Phi) is 4.19. The minimum absolute atomic E-state index is 0.147. The lowest BCUT2D eigenvalue weighted by molar-refractivity contribution is -0.275. The maximum Gasteiger partial charge on any atom is 0.573 e. The first-order valence-electron chi connectivity index (χ1n) is 4.58. The molecule has 0 fully saturated rings. The van der Waals surface area contributed by atoms with Gasteiger partial charge in [-0.25, -0.2) is 0 Å². The summed E-state index contributed by atoms with van der Waals surface area (Å²) in [7, 11) is 0. The van der Waals surface area contributed by atoms with Gasteiger partial charge in [0.1, 0.15) is 0 Å². The summed E-state index contributed by atoms with van der Waals surface area (Å²) in [6.07, 6.45) is -5.12. The molecule has 1 aromatic carbocycles. The highest BCUT2D eigenvalue weighted by molar-refractivity contribution is 5.66. The standard InChI is InChI=1S/C10H9F3O4/c11-10(12,13)17-8-4-2-1-3-7(8)16-6-5-9(14)15/h1-4H,5-6H2,(H,14,15). The molecule has 1 rings (SSSR count). The van der Waals surface area contributed by atoms with Crippen LogP contribution in [-0.2, 0) is 4.79 Å². The summed E-state index contributed by atoms with van der Waals surface area (Å²) in [5.41, 5.74) is 0. The zero-order valence-corrected chi connectivity index (χ0v) is 8.53. The summed E-state index contributed by atoms with van der Waals surface area (Å²) >= 11 is 0. The fourth-order valence-electron chi connectivity index (χ4n) is 1.03. The molecule has 1 N–H and O–H groups in total. The lowest BCUT2D eigenvalue weighted by atomic mass is 10.3. The van der Waals surface area contributed by atoms with Gasteiger partial charge in [0, 0.05) is 0 Å². The number of rotatable bonds is 5. The Hall–Kier alpha value is -1.92. The molecule has 0 atom stereocenters. The number of benzene rings is 1. The Morgan fingerprint density at radius 1 is 1.24 bits per heavy atom. The number of hydrogen-bond donors (Lipinski definition) is 1. The number of hydrogen-bond acceptors (Lipinski definition) is 3. The minimum atomic E-state index is -4.81. The third-order valence-electron chi connectivity index (χ3n) is 1.65. The number of carbonyl (C=O) groups is 1. The van der Waals surface area contributed by atoms with E-state index >= 15 is 0 Å². The fourth-order valence-corrected chi connectivity index (χ4v) is 1.03. The molecule has 0 aliphatic carbocycles. The van der Waals surface area contributed by atoms with Crippen LogP contribution >= 0.6 is 0 Å². The molecule has 1 aromatic rings. The predicted octanol–water partition coefficient (Wildman–Crippen LogP) is 2.44. The highest BCUT2D eigenvalue weighted by Gasteiger charge is 2.32.